The Balaban J connectivity index is 2.09. The van der Waals surface area contributed by atoms with Gasteiger partial charge in [-0.05, 0) is 40.9 Å². The summed E-state index contributed by atoms with van der Waals surface area (Å²) in [5, 5.41) is 0. The minimum Gasteiger partial charge on any atom is -0.356 e. The van der Waals surface area contributed by atoms with Gasteiger partial charge < -0.3 is 9.69 Å². The topological polar surface area (TPSA) is 33.2 Å². The molecule has 0 aromatic carbocycles. The second-order valence-electron chi connectivity index (χ2n) is 3.82. The fourth-order valence-corrected chi connectivity index (χ4v) is 2.12. The molecular weight excluding hydrogens is 256 g/mol. The number of carbonyl (C=O) groups excluding carboxylic acids is 1. The molecular formula is C11H13BrN2O. The molecule has 1 aliphatic rings. The van der Waals surface area contributed by atoms with Gasteiger partial charge in [0.05, 0.1) is 0 Å². The van der Waals surface area contributed by atoms with Crippen molar-refractivity contribution in [2.24, 2.45) is 5.92 Å². The maximum absolute atomic E-state index is 10.7. The van der Waals surface area contributed by atoms with E-state index in [4.69, 9.17) is 0 Å². The smallest absolute Gasteiger partial charge is 0.128 e. The van der Waals surface area contributed by atoms with Crippen LogP contribution in [-0.4, -0.2) is 24.4 Å². The monoisotopic (exact) mass is 268 g/mol. The number of halogens is 1. The maximum atomic E-state index is 10.7. The molecule has 0 aliphatic carbocycles. The number of aldehydes is 1. The third kappa shape index (κ3) is 2.56. The molecule has 0 bridgehead atoms. The van der Waals surface area contributed by atoms with E-state index >= 15 is 0 Å². The van der Waals surface area contributed by atoms with Gasteiger partial charge in [-0.2, -0.15) is 0 Å². The van der Waals surface area contributed by atoms with Crippen LogP contribution in [0.4, 0.5) is 5.82 Å². The summed E-state index contributed by atoms with van der Waals surface area (Å²) < 4.78 is 0.982. The number of hydrogen-bond acceptors (Lipinski definition) is 3. The Kier molecular flexibility index (Phi) is 3.36. The summed E-state index contributed by atoms with van der Waals surface area (Å²) in [5.74, 6) is 1.13. The summed E-state index contributed by atoms with van der Waals surface area (Å²) in [5.41, 5.74) is 0. The fraction of sp³-hybridized carbons (Fsp3) is 0.455. The van der Waals surface area contributed by atoms with Gasteiger partial charge in [-0.1, -0.05) is 0 Å². The molecule has 0 amide bonds. The van der Waals surface area contributed by atoms with Crippen molar-refractivity contribution < 1.29 is 4.79 Å². The summed E-state index contributed by atoms with van der Waals surface area (Å²) >= 11 is 3.36. The van der Waals surface area contributed by atoms with Crippen LogP contribution < -0.4 is 4.90 Å². The van der Waals surface area contributed by atoms with Gasteiger partial charge in [0.1, 0.15) is 12.1 Å². The zero-order chi connectivity index (χ0) is 10.7. The number of rotatable bonds is 2. The van der Waals surface area contributed by atoms with Gasteiger partial charge in [0, 0.05) is 29.7 Å². The number of anilines is 1. The van der Waals surface area contributed by atoms with Crippen LogP contribution in [0.1, 0.15) is 12.8 Å². The second-order valence-corrected chi connectivity index (χ2v) is 4.73. The first-order valence-corrected chi connectivity index (χ1v) is 5.90. The Morgan fingerprint density at radius 1 is 1.53 bits per heavy atom. The van der Waals surface area contributed by atoms with Crippen molar-refractivity contribution in [1.29, 1.82) is 0 Å². The first kappa shape index (κ1) is 10.6. The van der Waals surface area contributed by atoms with E-state index in [2.05, 4.69) is 25.8 Å². The largest absolute Gasteiger partial charge is 0.356 e. The Morgan fingerprint density at radius 3 is 3.07 bits per heavy atom. The van der Waals surface area contributed by atoms with Crippen LogP contribution >= 0.6 is 15.9 Å². The van der Waals surface area contributed by atoms with Crippen molar-refractivity contribution in [3.8, 4) is 0 Å². The maximum Gasteiger partial charge on any atom is 0.128 e. The minimum absolute atomic E-state index is 0.171. The summed E-state index contributed by atoms with van der Waals surface area (Å²) in [6.45, 7) is 1.80. The molecule has 0 spiro atoms. The molecule has 2 heterocycles. The average molecular weight is 269 g/mol. The first-order chi connectivity index (χ1) is 7.29. The minimum atomic E-state index is 0.171. The molecule has 3 nitrogen and oxygen atoms in total. The zero-order valence-corrected chi connectivity index (χ0v) is 9.98. The Morgan fingerprint density at radius 2 is 2.40 bits per heavy atom. The third-order valence-electron chi connectivity index (χ3n) is 2.69. The third-order valence-corrected chi connectivity index (χ3v) is 3.16. The van der Waals surface area contributed by atoms with E-state index in [9.17, 15) is 4.79 Å². The molecule has 80 valence electrons. The Hall–Kier alpha value is -0.900. The van der Waals surface area contributed by atoms with Gasteiger partial charge in [0.2, 0.25) is 0 Å². The number of piperidine rings is 1. The molecule has 1 unspecified atom stereocenters. The molecule has 1 fully saturated rings. The van der Waals surface area contributed by atoms with Gasteiger partial charge in [-0.15, -0.1) is 0 Å². The van der Waals surface area contributed by atoms with Crippen molar-refractivity contribution in [3.05, 3.63) is 22.8 Å². The SMILES string of the molecule is O=CC1CCCN(c2ccc(Br)cn2)C1. The summed E-state index contributed by atoms with van der Waals surface area (Å²) in [6.07, 6.45) is 4.93. The highest BCUT2D eigenvalue weighted by atomic mass is 79.9. The lowest BCUT2D eigenvalue weighted by Crippen LogP contribution is -2.36. The number of nitrogens with zero attached hydrogens (tertiary/aromatic N) is 2. The lowest BCUT2D eigenvalue weighted by atomic mass is 10.00. The van der Waals surface area contributed by atoms with E-state index in [0.717, 1.165) is 42.5 Å². The van der Waals surface area contributed by atoms with E-state index in [1.54, 1.807) is 6.20 Å². The van der Waals surface area contributed by atoms with Crippen molar-refractivity contribution in [3.63, 3.8) is 0 Å². The highest BCUT2D eigenvalue weighted by molar-refractivity contribution is 9.10. The van der Waals surface area contributed by atoms with E-state index in [1.165, 1.54) is 0 Å². The van der Waals surface area contributed by atoms with Crippen LogP contribution in [-0.2, 0) is 4.79 Å². The van der Waals surface area contributed by atoms with Crippen LogP contribution in [0, 0.1) is 5.92 Å². The molecule has 4 heteroatoms. The number of aromatic nitrogens is 1. The van der Waals surface area contributed by atoms with E-state index in [0.29, 0.717) is 0 Å². The Labute approximate surface area is 97.6 Å². The standard InChI is InChI=1S/C11H13BrN2O/c12-10-3-4-11(13-6-10)14-5-1-2-9(7-14)8-15/h3-4,6,8-9H,1-2,5,7H2. The normalized spacial score (nSPS) is 21.4. The summed E-state index contributed by atoms with van der Waals surface area (Å²) in [4.78, 5) is 17.2. The molecule has 1 aromatic heterocycles. The second kappa shape index (κ2) is 4.75. The molecule has 0 saturated carbocycles. The van der Waals surface area contributed by atoms with Gasteiger partial charge in [0.15, 0.2) is 0 Å². The lowest BCUT2D eigenvalue weighted by molar-refractivity contribution is -0.111. The molecule has 1 saturated heterocycles. The van der Waals surface area contributed by atoms with Crippen LogP contribution in [0.2, 0.25) is 0 Å². The van der Waals surface area contributed by atoms with Gasteiger partial charge in [-0.25, -0.2) is 4.98 Å². The Bertz CT molecular complexity index is 339. The quantitative estimate of drug-likeness (QED) is 0.772. The van der Waals surface area contributed by atoms with Crippen LogP contribution in [0.15, 0.2) is 22.8 Å². The first-order valence-electron chi connectivity index (χ1n) is 5.11. The molecule has 15 heavy (non-hydrogen) atoms. The summed E-state index contributed by atoms with van der Waals surface area (Å²) in [6, 6.07) is 3.96. The lowest BCUT2D eigenvalue weighted by Gasteiger charge is -2.31. The molecule has 0 N–H and O–H groups in total. The number of carbonyl (C=O) groups is 1. The average Bonchev–Trinajstić information content (AvgIpc) is 2.30. The van der Waals surface area contributed by atoms with E-state index in [1.807, 2.05) is 12.1 Å². The highest BCUT2D eigenvalue weighted by Crippen LogP contribution is 2.21. The molecule has 1 aliphatic heterocycles. The van der Waals surface area contributed by atoms with Crippen molar-refractivity contribution in [2.75, 3.05) is 18.0 Å². The fourth-order valence-electron chi connectivity index (χ4n) is 1.88. The van der Waals surface area contributed by atoms with Crippen molar-refractivity contribution in [2.45, 2.75) is 12.8 Å². The van der Waals surface area contributed by atoms with E-state index in [-0.39, 0.29) is 5.92 Å². The predicted octanol–water partition coefficient (Wildman–Crippen LogP) is 2.26. The van der Waals surface area contributed by atoms with Crippen LogP contribution in [0.25, 0.3) is 0 Å². The predicted molar refractivity (Wildman–Crippen MR) is 62.9 cm³/mol. The van der Waals surface area contributed by atoms with Crippen LogP contribution in [0.3, 0.4) is 0 Å². The molecule has 1 aromatic rings. The van der Waals surface area contributed by atoms with Gasteiger partial charge >= 0.3 is 0 Å². The van der Waals surface area contributed by atoms with Crippen molar-refractivity contribution in [1.82, 2.24) is 4.98 Å². The molecule has 1 atom stereocenters. The molecule has 0 radical (unpaired) electrons. The van der Waals surface area contributed by atoms with Gasteiger partial charge in [-0.3, -0.25) is 0 Å². The van der Waals surface area contributed by atoms with E-state index < -0.39 is 0 Å². The zero-order valence-electron chi connectivity index (χ0n) is 8.40. The summed E-state index contributed by atoms with van der Waals surface area (Å²) in [7, 11) is 0. The van der Waals surface area contributed by atoms with Crippen LogP contribution in [0.5, 0.6) is 0 Å². The number of pyridine rings is 1. The highest BCUT2D eigenvalue weighted by Gasteiger charge is 2.19. The molecule has 2 rings (SSSR count). The van der Waals surface area contributed by atoms with Gasteiger partial charge in [0.25, 0.3) is 0 Å². The number of hydrogen-bond donors (Lipinski definition) is 0. The van der Waals surface area contributed by atoms with Crippen molar-refractivity contribution >= 4 is 28.0 Å².